The van der Waals surface area contributed by atoms with Crippen LogP contribution >= 0.6 is 11.3 Å². The molecule has 0 saturated carbocycles. The van der Waals surface area contributed by atoms with Crippen molar-refractivity contribution in [1.82, 2.24) is 0 Å². The van der Waals surface area contributed by atoms with Crippen LogP contribution in [-0.4, -0.2) is 11.1 Å². The summed E-state index contributed by atoms with van der Waals surface area (Å²) in [5, 5.41) is 12.0. The minimum Gasteiger partial charge on any atom is -0.481 e. The predicted molar refractivity (Wildman–Crippen MR) is 62.5 cm³/mol. The van der Waals surface area contributed by atoms with E-state index in [1.165, 1.54) is 15.6 Å². The molecule has 0 bridgehead atoms. The third kappa shape index (κ3) is 2.02. The van der Waals surface area contributed by atoms with E-state index in [1.807, 2.05) is 6.07 Å². The summed E-state index contributed by atoms with van der Waals surface area (Å²) in [4.78, 5) is 10.5. The van der Waals surface area contributed by atoms with E-state index in [0.29, 0.717) is 6.42 Å². The van der Waals surface area contributed by atoms with Crippen LogP contribution in [0.5, 0.6) is 0 Å². The van der Waals surface area contributed by atoms with E-state index < -0.39 is 5.97 Å². The molecule has 0 aliphatic carbocycles. The van der Waals surface area contributed by atoms with Crippen molar-refractivity contribution in [3.05, 3.63) is 34.7 Å². The number of carbonyl (C=O) groups is 1. The molecular weight excluding hydrogens is 208 g/mol. The lowest BCUT2D eigenvalue weighted by atomic mass is 10.0. The minimum absolute atomic E-state index is 0.204. The summed E-state index contributed by atoms with van der Waals surface area (Å²) in [7, 11) is 0. The maximum absolute atomic E-state index is 10.5. The highest BCUT2D eigenvalue weighted by molar-refractivity contribution is 7.17. The summed E-state index contributed by atoms with van der Waals surface area (Å²) in [5.74, 6) is -0.736. The fourth-order valence-electron chi connectivity index (χ4n) is 1.70. The van der Waals surface area contributed by atoms with E-state index in [9.17, 15) is 4.79 Å². The average Bonchev–Trinajstić information content (AvgIpc) is 2.66. The molecule has 0 unspecified atom stereocenters. The van der Waals surface area contributed by atoms with E-state index in [1.54, 1.807) is 11.3 Å². The van der Waals surface area contributed by atoms with Crippen LogP contribution in [0.15, 0.2) is 23.6 Å². The second kappa shape index (κ2) is 4.03. The number of aliphatic carboxylic acids is 1. The lowest BCUT2D eigenvalue weighted by molar-refractivity contribution is -0.136. The Morgan fingerprint density at radius 3 is 2.93 bits per heavy atom. The fraction of sp³-hybridized carbons (Fsp3) is 0.250. The Morgan fingerprint density at radius 1 is 1.40 bits per heavy atom. The highest BCUT2D eigenvalue weighted by Gasteiger charge is 2.06. The number of thiophene rings is 1. The summed E-state index contributed by atoms with van der Waals surface area (Å²) < 4.78 is 1.23. The Kier molecular flexibility index (Phi) is 2.73. The van der Waals surface area contributed by atoms with E-state index in [4.69, 9.17) is 5.11 Å². The molecule has 2 aromatic rings. The van der Waals surface area contributed by atoms with Gasteiger partial charge in [-0.15, -0.1) is 11.3 Å². The van der Waals surface area contributed by atoms with Crippen LogP contribution < -0.4 is 0 Å². The molecule has 1 heterocycles. The maximum atomic E-state index is 10.5. The zero-order chi connectivity index (χ0) is 10.8. The number of aryl methyl sites for hydroxylation is 2. The van der Waals surface area contributed by atoms with Crippen LogP contribution in [0.25, 0.3) is 10.1 Å². The number of benzene rings is 1. The number of rotatable bonds is 3. The van der Waals surface area contributed by atoms with E-state index >= 15 is 0 Å². The number of hydrogen-bond acceptors (Lipinski definition) is 2. The SMILES string of the molecule is Cc1ccc(CCC(=O)O)c2sccc12. The van der Waals surface area contributed by atoms with Crippen molar-refractivity contribution in [2.45, 2.75) is 19.8 Å². The van der Waals surface area contributed by atoms with Crippen LogP contribution in [0.1, 0.15) is 17.5 Å². The maximum Gasteiger partial charge on any atom is 0.303 e. The molecule has 0 aliphatic heterocycles. The van der Waals surface area contributed by atoms with Crippen molar-refractivity contribution in [2.24, 2.45) is 0 Å². The van der Waals surface area contributed by atoms with Gasteiger partial charge in [0.1, 0.15) is 0 Å². The van der Waals surface area contributed by atoms with Crippen molar-refractivity contribution in [3.8, 4) is 0 Å². The normalized spacial score (nSPS) is 10.7. The standard InChI is InChI=1S/C12H12O2S/c1-8-2-3-9(4-5-11(13)14)12-10(8)6-7-15-12/h2-3,6-7H,4-5H2,1H3,(H,13,14). The van der Waals surface area contributed by atoms with Gasteiger partial charge < -0.3 is 5.11 Å². The van der Waals surface area contributed by atoms with Gasteiger partial charge >= 0.3 is 5.97 Å². The van der Waals surface area contributed by atoms with Crippen LogP contribution in [0, 0.1) is 6.92 Å². The van der Waals surface area contributed by atoms with Crippen LogP contribution in [0.2, 0.25) is 0 Å². The molecule has 0 spiro atoms. The summed E-state index contributed by atoms with van der Waals surface area (Å²) in [5.41, 5.74) is 2.40. The van der Waals surface area contributed by atoms with Crippen LogP contribution in [-0.2, 0) is 11.2 Å². The Labute approximate surface area is 92.2 Å². The predicted octanol–water partition coefficient (Wildman–Crippen LogP) is 3.23. The molecule has 15 heavy (non-hydrogen) atoms. The zero-order valence-electron chi connectivity index (χ0n) is 8.49. The Hall–Kier alpha value is -1.35. The molecule has 78 valence electrons. The first-order valence-corrected chi connectivity index (χ1v) is 5.74. The van der Waals surface area contributed by atoms with Crippen molar-refractivity contribution in [3.63, 3.8) is 0 Å². The largest absolute Gasteiger partial charge is 0.481 e. The van der Waals surface area contributed by atoms with Gasteiger partial charge in [0.15, 0.2) is 0 Å². The van der Waals surface area contributed by atoms with Gasteiger partial charge in [-0.1, -0.05) is 12.1 Å². The van der Waals surface area contributed by atoms with E-state index in [2.05, 4.69) is 24.4 Å². The van der Waals surface area contributed by atoms with E-state index in [0.717, 1.165) is 5.56 Å². The highest BCUT2D eigenvalue weighted by atomic mass is 32.1. The summed E-state index contributed by atoms with van der Waals surface area (Å²) in [6, 6.07) is 6.20. The quantitative estimate of drug-likeness (QED) is 0.862. The second-order valence-corrected chi connectivity index (χ2v) is 4.51. The van der Waals surface area contributed by atoms with Crippen molar-refractivity contribution in [2.75, 3.05) is 0 Å². The molecule has 0 aliphatic rings. The Balaban J connectivity index is 2.39. The van der Waals surface area contributed by atoms with Gasteiger partial charge in [0.25, 0.3) is 0 Å². The molecule has 1 N–H and O–H groups in total. The number of carboxylic acids is 1. The van der Waals surface area contributed by atoms with Gasteiger partial charge in [-0.05, 0) is 41.3 Å². The molecule has 2 rings (SSSR count). The van der Waals surface area contributed by atoms with E-state index in [-0.39, 0.29) is 6.42 Å². The topological polar surface area (TPSA) is 37.3 Å². The lowest BCUT2D eigenvalue weighted by Crippen LogP contribution is -1.97. The molecule has 2 nitrogen and oxygen atoms in total. The molecule has 0 radical (unpaired) electrons. The Bertz CT molecular complexity index is 499. The third-order valence-electron chi connectivity index (χ3n) is 2.52. The summed E-state index contributed by atoms with van der Waals surface area (Å²) in [6.07, 6.45) is 0.822. The average molecular weight is 220 g/mol. The first kappa shape index (κ1) is 10.2. The van der Waals surface area contributed by atoms with Crippen LogP contribution in [0.4, 0.5) is 0 Å². The molecule has 0 fully saturated rings. The van der Waals surface area contributed by atoms with Gasteiger partial charge in [-0.2, -0.15) is 0 Å². The molecule has 1 aromatic carbocycles. The molecule has 0 saturated heterocycles. The minimum atomic E-state index is -0.736. The molecule has 0 amide bonds. The van der Waals surface area contributed by atoms with Gasteiger partial charge in [0.2, 0.25) is 0 Å². The number of carboxylic acid groups (broad SMARTS) is 1. The third-order valence-corrected chi connectivity index (χ3v) is 3.51. The number of hydrogen-bond donors (Lipinski definition) is 1. The smallest absolute Gasteiger partial charge is 0.303 e. The monoisotopic (exact) mass is 220 g/mol. The number of fused-ring (bicyclic) bond motifs is 1. The summed E-state index contributed by atoms with van der Waals surface area (Å²) in [6.45, 7) is 2.08. The van der Waals surface area contributed by atoms with Crippen molar-refractivity contribution < 1.29 is 9.90 Å². The van der Waals surface area contributed by atoms with Gasteiger partial charge in [-0.25, -0.2) is 0 Å². The molecular formula is C12H12O2S. The molecule has 0 atom stereocenters. The zero-order valence-corrected chi connectivity index (χ0v) is 9.30. The van der Waals surface area contributed by atoms with Crippen molar-refractivity contribution in [1.29, 1.82) is 0 Å². The van der Waals surface area contributed by atoms with Crippen LogP contribution in [0.3, 0.4) is 0 Å². The first-order chi connectivity index (χ1) is 7.18. The van der Waals surface area contributed by atoms with Gasteiger partial charge in [-0.3, -0.25) is 4.79 Å². The van der Waals surface area contributed by atoms with Gasteiger partial charge in [0.05, 0.1) is 0 Å². The molecule has 1 aromatic heterocycles. The first-order valence-electron chi connectivity index (χ1n) is 4.86. The second-order valence-electron chi connectivity index (χ2n) is 3.60. The molecule has 3 heteroatoms. The highest BCUT2D eigenvalue weighted by Crippen LogP contribution is 2.28. The Morgan fingerprint density at radius 2 is 2.20 bits per heavy atom. The van der Waals surface area contributed by atoms with Gasteiger partial charge in [0, 0.05) is 11.1 Å². The lowest BCUT2D eigenvalue weighted by Gasteiger charge is -2.03. The van der Waals surface area contributed by atoms with Crippen molar-refractivity contribution >= 4 is 27.4 Å². The summed E-state index contributed by atoms with van der Waals surface area (Å²) >= 11 is 1.69. The fourth-order valence-corrected chi connectivity index (χ4v) is 2.72.